The van der Waals surface area contributed by atoms with Gasteiger partial charge in [-0.25, -0.2) is 4.98 Å². The van der Waals surface area contributed by atoms with Crippen molar-refractivity contribution in [2.75, 3.05) is 7.05 Å². The van der Waals surface area contributed by atoms with Crippen LogP contribution in [0, 0.1) is 13.8 Å². The molecule has 0 aliphatic heterocycles. The number of rotatable bonds is 5. The minimum Gasteiger partial charge on any atom is -0.336 e. The number of thiazole rings is 1. The Morgan fingerprint density at radius 1 is 1.32 bits per heavy atom. The molecule has 132 valence electrons. The van der Waals surface area contributed by atoms with Crippen molar-refractivity contribution in [1.29, 1.82) is 0 Å². The van der Waals surface area contributed by atoms with Crippen LogP contribution in [0.3, 0.4) is 0 Å². The maximum Gasteiger partial charge on any atom is 0.255 e. The third-order valence-electron chi connectivity index (χ3n) is 3.95. The molecule has 0 aliphatic rings. The van der Waals surface area contributed by atoms with Crippen LogP contribution in [-0.4, -0.2) is 32.5 Å². The fourth-order valence-electron chi connectivity index (χ4n) is 2.80. The Bertz CT molecular complexity index is 911. The Hall–Kier alpha value is -1.79. The Labute approximate surface area is 156 Å². The van der Waals surface area contributed by atoms with Crippen LogP contribution in [0.1, 0.15) is 40.5 Å². The first-order valence-electron chi connectivity index (χ1n) is 8.32. The lowest BCUT2D eigenvalue weighted by Gasteiger charge is -2.19. The summed E-state index contributed by atoms with van der Waals surface area (Å²) in [5, 5.41) is 0.435. The molecule has 2 heterocycles. The Morgan fingerprint density at radius 2 is 2.04 bits per heavy atom. The highest BCUT2D eigenvalue weighted by Crippen LogP contribution is 2.28. The molecule has 3 aromatic rings. The molecule has 0 aliphatic carbocycles. The van der Waals surface area contributed by atoms with E-state index >= 15 is 0 Å². The topological polar surface area (TPSA) is 37.6 Å². The summed E-state index contributed by atoms with van der Waals surface area (Å²) in [6.45, 7) is 8.91. The second-order valence-electron chi connectivity index (χ2n) is 6.46. The van der Waals surface area contributed by atoms with Crippen LogP contribution in [0.4, 0.5) is 0 Å². The lowest BCUT2D eigenvalue weighted by atomic mass is 10.2. The van der Waals surface area contributed by atoms with Gasteiger partial charge in [-0.3, -0.25) is 9.20 Å². The molecule has 0 spiro atoms. The molecule has 0 saturated heterocycles. The smallest absolute Gasteiger partial charge is 0.255 e. The average Bonchev–Trinajstić information content (AvgIpc) is 3.03. The first-order valence-corrected chi connectivity index (χ1v) is 10.0. The largest absolute Gasteiger partial charge is 0.336 e. The van der Waals surface area contributed by atoms with Crippen LogP contribution in [-0.2, 0) is 6.54 Å². The molecule has 0 atom stereocenters. The molecule has 2 aromatic heterocycles. The Balaban J connectivity index is 1.87. The fourth-order valence-corrected chi connectivity index (χ4v) is 4.64. The number of nitrogens with zero attached hydrogens (tertiary/aromatic N) is 3. The molecular formula is C19H23N3OS2. The third-order valence-corrected chi connectivity index (χ3v) is 5.93. The first kappa shape index (κ1) is 18.0. The summed E-state index contributed by atoms with van der Waals surface area (Å²) in [5.41, 5.74) is 2.82. The van der Waals surface area contributed by atoms with E-state index in [0.717, 1.165) is 26.8 Å². The van der Waals surface area contributed by atoms with Gasteiger partial charge in [0.05, 0.1) is 23.5 Å². The van der Waals surface area contributed by atoms with Crippen molar-refractivity contribution >= 4 is 34.0 Å². The van der Waals surface area contributed by atoms with Crippen molar-refractivity contribution < 1.29 is 4.79 Å². The van der Waals surface area contributed by atoms with Crippen molar-refractivity contribution in [3.05, 3.63) is 52.3 Å². The van der Waals surface area contributed by atoms with Gasteiger partial charge in [0.1, 0.15) is 0 Å². The lowest BCUT2D eigenvalue weighted by Crippen LogP contribution is -2.27. The summed E-state index contributed by atoms with van der Waals surface area (Å²) in [6.07, 6.45) is 2.09. The molecule has 3 rings (SSSR count). The van der Waals surface area contributed by atoms with Crippen LogP contribution in [0.2, 0.25) is 0 Å². The zero-order chi connectivity index (χ0) is 18.1. The first-order chi connectivity index (χ1) is 11.9. The van der Waals surface area contributed by atoms with Crippen LogP contribution >= 0.6 is 23.1 Å². The maximum absolute atomic E-state index is 13.0. The van der Waals surface area contributed by atoms with Crippen molar-refractivity contribution in [3.63, 3.8) is 0 Å². The molecule has 6 heteroatoms. The number of benzene rings is 1. The normalized spacial score (nSPS) is 11.4. The standard InChI is InChI=1S/C19H23N3OS2/c1-12(2)24-17-9-7-6-8-15(17)18(23)21(5)11-16-14(4)20-19-22(16)10-13(3)25-19/h6-10,12H,11H2,1-5H3. The van der Waals surface area contributed by atoms with Crippen LogP contribution in [0.15, 0.2) is 35.4 Å². The van der Waals surface area contributed by atoms with Crippen molar-refractivity contribution in [2.24, 2.45) is 0 Å². The summed E-state index contributed by atoms with van der Waals surface area (Å²) in [6, 6.07) is 7.85. The van der Waals surface area contributed by atoms with Gasteiger partial charge in [0, 0.05) is 28.3 Å². The Morgan fingerprint density at radius 3 is 2.76 bits per heavy atom. The second kappa shape index (κ2) is 7.22. The van der Waals surface area contributed by atoms with Crippen molar-refractivity contribution in [1.82, 2.24) is 14.3 Å². The second-order valence-corrected chi connectivity index (χ2v) is 9.29. The minimum absolute atomic E-state index is 0.0463. The fraction of sp³-hybridized carbons (Fsp3) is 0.368. The van der Waals surface area contributed by atoms with Gasteiger partial charge in [-0.15, -0.1) is 23.1 Å². The van der Waals surface area contributed by atoms with Gasteiger partial charge in [-0.1, -0.05) is 26.0 Å². The SMILES string of the molecule is Cc1cn2c(CN(C)C(=O)c3ccccc3SC(C)C)c(C)nc2s1. The van der Waals surface area contributed by atoms with Crippen molar-refractivity contribution in [3.8, 4) is 0 Å². The highest BCUT2D eigenvalue weighted by atomic mass is 32.2. The predicted molar refractivity (Wildman–Crippen MR) is 106 cm³/mol. The number of carbonyl (C=O) groups is 1. The van der Waals surface area contributed by atoms with E-state index in [4.69, 9.17) is 0 Å². The Kier molecular flexibility index (Phi) is 5.20. The number of amides is 1. The van der Waals surface area contributed by atoms with Gasteiger partial charge in [0.15, 0.2) is 4.96 Å². The number of aryl methyl sites for hydroxylation is 2. The molecule has 1 aromatic carbocycles. The maximum atomic E-state index is 13.0. The summed E-state index contributed by atoms with van der Waals surface area (Å²) in [4.78, 5) is 22.7. The number of aromatic nitrogens is 2. The summed E-state index contributed by atoms with van der Waals surface area (Å²) in [5.74, 6) is 0.0463. The molecule has 1 amide bonds. The van der Waals surface area contributed by atoms with Gasteiger partial charge in [-0.05, 0) is 26.0 Å². The number of imidazole rings is 1. The molecule has 0 fully saturated rings. The number of hydrogen-bond donors (Lipinski definition) is 0. The monoisotopic (exact) mass is 373 g/mol. The van der Waals surface area contributed by atoms with Gasteiger partial charge in [0.2, 0.25) is 0 Å². The number of fused-ring (bicyclic) bond motifs is 1. The average molecular weight is 374 g/mol. The minimum atomic E-state index is 0.0463. The van der Waals surface area contributed by atoms with E-state index in [9.17, 15) is 4.79 Å². The number of thioether (sulfide) groups is 1. The summed E-state index contributed by atoms with van der Waals surface area (Å²) >= 11 is 3.40. The van der Waals surface area contributed by atoms with Crippen LogP contribution in [0.5, 0.6) is 0 Å². The molecular weight excluding hydrogens is 350 g/mol. The summed E-state index contributed by atoms with van der Waals surface area (Å²) in [7, 11) is 1.86. The van der Waals surface area contributed by atoms with Gasteiger partial charge in [0.25, 0.3) is 5.91 Å². The molecule has 0 bridgehead atoms. The summed E-state index contributed by atoms with van der Waals surface area (Å²) < 4.78 is 2.11. The van der Waals surface area contributed by atoms with E-state index in [1.54, 1.807) is 28.0 Å². The molecule has 25 heavy (non-hydrogen) atoms. The molecule has 0 unspecified atom stereocenters. The predicted octanol–water partition coefficient (Wildman–Crippen LogP) is 4.79. The molecule has 0 radical (unpaired) electrons. The van der Waals surface area contributed by atoms with E-state index in [1.807, 2.05) is 38.2 Å². The molecule has 4 nitrogen and oxygen atoms in total. The highest BCUT2D eigenvalue weighted by Gasteiger charge is 2.20. The van der Waals surface area contributed by atoms with E-state index in [1.165, 1.54) is 4.88 Å². The van der Waals surface area contributed by atoms with Gasteiger partial charge < -0.3 is 4.90 Å². The quantitative estimate of drug-likeness (QED) is 0.604. The molecule has 0 N–H and O–H groups in total. The van der Waals surface area contributed by atoms with Gasteiger partial charge >= 0.3 is 0 Å². The van der Waals surface area contributed by atoms with E-state index in [-0.39, 0.29) is 5.91 Å². The van der Waals surface area contributed by atoms with Crippen LogP contribution in [0.25, 0.3) is 4.96 Å². The zero-order valence-corrected chi connectivity index (χ0v) is 16.9. The van der Waals surface area contributed by atoms with Crippen LogP contribution < -0.4 is 0 Å². The highest BCUT2D eigenvalue weighted by molar-refractivity contribution is 8.00. The van der Waals surface area contributed by atoms with E-state index in [0.29, 0.717) is 11.8 Å². The molecule has 0 saturated carbocycles. The third kappa shape index (κ3) is 3.75. The zero-order valence-electron chi connectivity index (χ0n) is 15.2. The number of carbonyl (C=O) groups excluding carboxylic acids is 1. The van der Waals surface area contributed by atoms with E-state index < -0.39 is 0 Å². The number of hydrogen-bond acceptors (Lipinski definition) is 4. The van der Waals surface area contributed by atoms with Crippen molar-refractivity contribution in [2.45, 2.75) is 44.4 Å². The van der Waals surface area contributed by atoms with E-state index in [2.05, 4.69) is 36.4 Å². The lowest BCUT2D eigenvalue weighted by molar-refractivity contribution is 0.0779. The van der Waals surface area contributed by atoms with Gasteiger partial charge in [-0.2, -0.15) is 0 Å².